The van der Waals surface area contributed by atoms with Crippen LogP contribution in [0.5, 0.6) is 0 Å². The summed E-state index contributed by atoms with van der Waals surface area (Å²) in [5.74, 6) is 1.39. The number of nitrogens with zero attached hydrogens (tertiary/aromatic N) is 4. The zero-order valence-corrected chi connectivity index (χ0v) is 15.0. The fourth-order valence-electron chi connectivity index (χ4n) is 3.43. The Hall–Kier alpha value is -2.96. The van der Waals surface area contributed by atoms with Crippen LogP contribution in [0.15, 0.2) is 30.3 Å². The minimum atomic E-state index is -0.0805. The maximum absolute atomic E-state index is 13.0. The molecule has 1 atom stereocenters. The number of hydrogen-bond acceptors (Lipinski definition) is 4. The van der Waals surface area contributed by atoms with Crippen LogP contribution in [-0.2, 0) is 6.42 Å². The van der Waals surface area contributed by atoms with Crippen molar-refractivity contribution in [2.45, 2.75) is 39.2 Å². The predicted molar refractivity (Wildman–Crippen MR) is 97.5 cm³/mol. The van der Waals surface area contributed by atoms with Gasteiger partial charge >= 0.3 is 0 Å². The molecule has 0 aliphatic carbocycles. The number of carbonyl (C=O) groups is 1. The average Bonchev–Trinajstić information content (AvgIpc) is 3.41. The summed E-state index contributed by atoms with van der Waals surface area (Å²) in [4.78, 5) is 19.2. The zero-order chi connectivity index (χ0) is 18.1. The van der Waals surface area contributed by atoms with Crippen molar-refractivity contribution < 1.29 is 4.79 Å². The summed E-state index contributed by atoms with van der Waals surface area (Å²) in [5.41, 5.74) is 3.56. The first-order valence-electron chi connectivity index (χ1n) is 9.00. The van der Waals surface area contributed by atoms with Crippen LogP contribution in [0, 0.1) is 6.92 Å². The highest BCUT2D eigenvalue weighted by molar-refractivity contribution is 5.93. The first-order valence-corrected chi connectivity index (χ1v) is 9.00. The highest BCUT2D eigenvalue weighted by atomic mass is 16.2. The second kappa shape index (κ2) is 6.74. The van der Waals surface area contributed by atoms with Gasteiger partial charge in [0.2, 0.25) is 0 Å². The molecular weight excluding hydrogens is 328 g/mol. The molecule has 0 spiro atoms. The standard InChI is InChI=1S/C19H22N6O/c1-3-13-6-8-14(9-7-13)15-11-16(23-22-15)19(26)25-10-4-5-17(25)18-20-12(2)21-24-18/h6-9,11,17H,3-5,10H2,1-2H3,(H,22,23)(H,20,21,24)/t17-/m0/s1. The van der Waals surface area contributed by atoms with E-state index in [0.717, 1.165) is 36.3 Å². The molecule has 4 rings (SSSR count). The molecule has 1 aliphatic rings. The lowest BCUT2D eigenvalue weighted by atomic mass is 10.1. The van der Waals surface area contributed by atoms with Gasteiger partial charge in [-0.2, -0.15) is 10.2 Å². The Kier molecular flexibility index (Phi) is 4.28. The summed E-state index contributed by atoms with van der Waals surface area (Å²) >= 11 is 0. The lowest BCUT2D eigenvalue weighted by Crippen LogP contribution is -2.31. The third-order valence-electron chi connectivity index (χ3n) is 4.89. The summed E-state index contributed by atoms with van der Waals surface area (Å²) < 4.78 is 0. The molecule has 3 heterocycles. The fraction of sp³-hybridized carbons (Fsp3) is 0.368. The van der Waals surface area contributed by atoms with E-state index in [-0.39, 0.29) is 11.9 Å². The Morgan fingerprint density at radius 1 is 1.23 bits per heavy atom. The molecule has 1 aliphatic heterocycles. The predicted octanol–water partition coefficient (Wildman–Crippen LogP) is 3.04. The maximum atomic E-state index is 13.0. The second-order valence-electron chi connectivity index (χ2n) is 6.65. The average molecular weight is 350 g/mol. The van der Waals surface area contributed by atoms with Crippen molar-refractivity contribution in [2.24, 2.45) is 0 Å². The molecule has 0 radical (unpaired) electrons. The van der Waals surface area contributed by atoms with Gasteiger partial charge in [-0.25, -0.2) is 4.98 Å². The third-order valence-corrected chi connectivity index (χ3v) is 4.89. The van der Waals surface area contributed by atoms with Crippen molar-refractivity contribution in [3.05, 3.63) is 53.2 Å². The van der Waals surface area contributed by atoms with E-state index < -0.39 is 0 Å². The first kappa shape index (κ1) is 16.5. The van der Waals surface area contributed by atoms with Gasteiger partial charge in [-0.05, 0) is 37.8 Å². The number of amides is 1. The smallest absolute Gasteiger partial charge is 0.272 e. The largest absolute Gasteiger partial charge is 0.327 e. The van der Waals surface area contributed by atoms with Crippen LogP contribution in [0.4, 0.5) is 0 Å². The van der Waals surface area contributed by atoms with E-state index in [1.165, 1.54) is 5.56 Å². The molecule has 0 saturated carbocycles. The van der Waals surface area contributed by atoms with E-state index in [0.29, 0.717) is 18.1 Å². The number of benzene rings is 1. The number of hydrogen-bond donors (Lipinski definition) is 2. The molecular formula is C19H22N6O. The van der Waals surface area contributed by atoms with Crippen molar-refractivity contribution in [3.8, 4) is 11.3 Å². The number of carbonyl (C=O) groups excluding carboxylic acids is 1. The van der Waals surface area contributed by atoms with E-state index in [1.807, 2.05) is 30.0 Å². The Morgan fingerprint density at radius 3 is 2.73 bits per heavy atom. The van der Waals surface area contributed by atoms with Crippen LogP contribution in [0.1, 0.15) is 53.5 Å². The van der Waals surface area contributed by atoms with Crippen LogP contribution in [0.25, 0.3) is 11.3 Å². The minimum absolute atomic E-state index is 0.0566. The third kappa shape index (κ3) is 3.00. The quantitative estimate of drug-likeness (QED) is 0.757. The Balaban J connectivity index is 1.55. The van der Waals surface area contributed by atoms with Gasteiger partial charge in [0.1, 0.15) is 11.5 Å². The summed E-state index contributed by atoms with van der Waals surface area (Å²) in [6.07, 6.45) is 2.83. The van der Waals surface area contributed by atoms with Crippen molar-refractivity contribution in [1.29, 1.82) is 0 Å². The molecule has 7 heteroatoms. The van der Waals surface area contributed by atoms with Crippen LogP contribution in [0.2, 0.25) is 0 Å². The van der Waals surface area contributed by atoms with Crippen LogP contribution >= 0.6 is 0 Å². The van der Waals surface area contributed by atoms with E-state index in [1.54, 1.807) is 0 Å². The molecule has 1 amide bonds. The first-order chi connectivity index (χ1) is 12.7. The minimum Gasteiger partial charge on any atom is -0.327 e. The highest BCUT2D eigenvalue weighted by Gasteiger charge is 2.33. The van der Waals surface area contributed by atoms with Gasteiger partial charge in [-0.1, -0.05) is 31.2 Å². The molecule has 3 aromatic rings. The summed E-state index contributed by atoms with van der Waals surface area (Å²) in [7, 11) is 0. The van der Waals surface area contributed by atoms with Crippen LogP contribution in [0.3, 0.4) is 0 Å². The molecule has 2 aromatic heterocycles. The molecule has 1 fully saturated rings. The molecule has 2 N–H and O–H groups in total. The van der Waals surface area contributed by atoms with E-state index >= 15 is 0 Å². The number of H-pyrrole nitrogens is 2. The van der Waals surface area contributed by atoms with E-state index in [4.69, 9.17) is 0 Å². The number of aromatic amines is 2. The SMILES string of the molecule is CCc1ccc(-c2cc(C(=O)N3CCC[C@H]3c3n[nH]c(C)n3)[nH]n2)cc1. The van der Waals surface area contributed by atoms with Gasteiger partial charge < -0.3 is 4.90 Å². The zero-order valence-electron chi connectivity index (χ0n) is 15.0. The maximum Gasteiger partial charge on any atom is 0.272 e. The Bertz CT molecular complexity index is 910. The summed E-state index contributed by atoms with van der Waals surface area (Å²) in [6, 6.07) is 10.0. The molecule has 0 unspecified atom stereocenters. The highest BCUT2D eigenvalue weighted by Crippen LogP contribution is 2.31. The number of likely N-dealkylation sites (tertiary alicyclic amines) is 1. The number of rotatable bonds is 4. The monoisotopic (exact) mass is 350 g/mol. The van der Waals surface area contributed by atoms with Gasteiger partial charge in [0.25, 0.3) is 5.91 Å². The normalized spacial score (nSPS) is 17.0. The topological polar surface area (TPSA) is 90.6 Å². The van der Waals surface area contributed by atoms with Crippen molar-refractivity contribution >= 4 is 5.91 Å². The molecule has 1 aromatic carbocycles. The number of aromatic nitrogens is 5. The van der Waals surface area contributed by atoms with Crippen molar-refractivity contribution in [2.75, 3.05) is 6.54 Å². The summed E-state index contributed by atoms with van der Waals surface area (Å²) in [5, 5.41) is 14.3. The number of nitrogens with one attached hydrogen (secondary N) is 2. The fourth-order valence-corrected chi connectivity index (χ4v) is 3.43. The summed E-state index contributed by atoms with van der Waals surface area (Å²) in [6.45, 7) is 4.70. The van der Waals surface area contributed by atoms with Crippen molar-refractivity contribution in [1.82, 2.24) is 30.3 Å². The molecule has 1 saturated heterocycles. The molecule has 0 bridgehead atoms. The van der Waals surface area contributed by atoms with Crippen LogP contribution < -0.4 is 0 Å². The van der Waals surface area contributed by atoms with E-state index in [2.05, 4.69) is 44.4 Å². The molecule has 26 heavy (non-hydrogen) atoms. The van der Waals surface area contributed by atoms with Gasteiger partial charge in [0, 0.05) is 12.1 Å². The van der Waals surface area contributed by atoms with Gasteiger partial charge in [0.05, 0.1) is 11.7 Å². The Morgan fingerprint density at radius 2 is 2.04 bits per heavy atom. The van der Waals surface area contributed by atoms with Crippen LogP contribution in [-0.4, -0.2) is 42.7 Å². The Labute approximate surface area is 151 Å². The van der Waals surface area contributed by atoms with Gasteiger partial charge in [-0.3, -0.25) is 15.0 Å². The van der Waals surface area contributed by atoms with Crippen molar-refractivity contribution in [3.63, 3.8) is 0 Å². The van der Waals surface area contributed by atoms with E-state index in [9.17, 15) is 4.79 Å². The van der Waals surface area contributed by atoms with Gasteiger partial charge in [-0.15, -0.1) is 0 Å². The lowest BCUT2D eigenvalue weighted by molar-refractivity contribution is 0.0724. The van der Waals surface area contributed by atoms with Gasteiger partial charge in [0.15, 0.2) is 5.82 Å². The molecule has 7 nitrogen and oxygen atoms in total. The molecule has 134 valence electrons. The second-order valence-corrected chi connectivity index (χ2v) is 6.65. The lowest BCUT2D eigenvalue weighted by Gasteiger charge is -2.21. The number of aryl methyl sites for hydroxylation is 2.